The van der Waals surface area contributed by atoms with Crippen LogP contribution in [0.5, 0.6) is 0 Å². The number of carbonyl (C=O) groups excluding carboxylic acids is 2. The standard InChI is InChI=1S/C31H41NO3/c1-18-9-12-30-14-13-29(7)28(6)11-10-21-26(3,4)25(34)20(32-8)16-27(21,5)22(28)15-23(33)31(29,35-17-30)24(30)19(18)2/h15-16,18-19,21,24H,9-14,17H2,1-7H3/t18-,19+,21+,24-,27+,28-,29+,30-,31+/m1/s1. The molecule has 35 heavy (non-hydrogen) atoms. The molecule has 4 heteroatoms. The van der Waals surface area contributed by atoms with Crippen LogP contribution >= 0.6 is 0 Å². The molecule has 188 valence electrons. The van der Waals surface area contributed by atoms with Gasteiger partial charge in [0.15, 0.2) is 11.6 Å². The predicted octanol–water partition coefficient (Wildman–Crippen LogP) is 6.57. The second-order valence-corrected chi connectivity index (χ2v) is 14.4. The van der Waals surface area contributed by atoms with Crippen LogP contribution in [0.2, 0.25) is 0 Å². The average Bonchev–Trinajstić information content (AvgIpc) is 3.09. The third kappa shape index (κ3) is 2.30. The number of hydrogen-bond acceptors (Lipinski definition) is 3. The highest BCUT2D eigenvalue weighted by molar-refractivity contribution is 6.04. The van der Waals surface area contributed by atoms with Gasteiger partial charge in [0.05, 0.1) is 13.2 Å². The van der Waals surface area contributed by atoms with Gasteiger partial charge in [0, 0.05) is 27.6 Å². The van der Waals surface area contributed by atoms with E-state index in [0.29, 0.717) is 11.8 Å². The smallest absolute Gasteiger partial charge is 0.226 e. The van der Waals surface area contributed by atoms with Crippen molar-refractivity contribution >= 4 is 11.6 Å². The van der Waals surface area contributed by atoms with Crippen LogP contribution in [-0.2, 0) is 14.3 Å². The van der Waals surface area contributed by atoms with Gasteiger partial charge in [0.2, 0.25) is 5.70 Å². The Labute approximate surface area is 210 Å². The average molecular weight is 476 g/mol. The number of Topliss-reactive ketones (excluding diaryl/α,β-unsaturated/α-hetero) is 1. The molecule has 0 amide bonds. The normalized spacial score (nSPS) is 53.9. The molecular weight excluding hydrogens is 434 g/mol. The van der Waals surface area contributed by atoms with Gasteiger partial charge in [0.1, 0.15) is 5.60 Å². The number of fused-ring (bicyclic) bond motifs is 4. The van der Waals surface area contributed by atoms with Gasteiger partial charge in [-0.05, 0) is 67.8 Å². The molecule has 0 aromatic rings. The maximum absolute atomic E-state index is 14.6. The zero-order valence-corrected chi connectivity index (χ0v) is 22.6. The minimum atomic E-state index is -0.757. The number of ketones is 2. The zero-order valence-electron chi connectivity index (χ0n) is 22.6. The lowest BCUT2D eigenvalue weighted by Gasteiger charge is -2.70. The molecule has 2 bridgehead atoms. The van der Waals surface area contributed by atoms with Crippen molar-refractivity contribution in [3.05, 3.63) is 34.8 Å². The Hall–Kier alpha value is -1.73. The maximum atomic E-state index is 14.6. The fourth-order valence-electron chi connectivity index (χ4n) is 10.8. The van der Waals surface area contributed by atoms with Crippen LogP contribution in [0.4, 0.5) is 0 Å². The van der Waals surface area contributed by atoms with Gasteiger partial charge in [-0.2, -0.15) is 0 Å². The summed E-state index contributed by atoms with van der Waals surface area (Å²) in [6, 6.07) is 0. The van der Waals surface area contributed by atoms with E-state index in [9.17, 15) is 9.59 Å². The highest BCUT2D eigenvalue weighted by atomic mass is 16.5. The summed E-state index contributed by atoms with van der Waals surface area (Å²) >= 11 is 0. The molecule has 0 N–H and O–H groups in total. The molecule has 0 unspecified atom stereocenters. The van der Waals surface area contributed by atoms with Crippen molar-refractivity contribution in [1.29, 1.82) is 0 Å². The molecule has 1 saturated heterocycles. The lowest BCUT2D eigenvalue weighted by atomic mass is 9.33. The Morgan fingerprint density at radius 2 is 1.71 bits per heavy atom. The first-order valence-corrected chi connectivity index (χ1v) is 13.8. The summed E-state index contributed by atoms with van der Waals surface area (Å²) in [6.07, 6.45) is 10.3. The Morgan fingerprint density at radius 1 is 1.00 bits per heavy atom. The molecule has 0 aromatic carbocycles. The van der Waals surface area contributed by atoms with Gasteiger partial charge >= 0.3 is 0 Å². The minimum absolute atomic E-state index is 0.0457. The molecule has 0 aromatic heterocycles. The summed E-state index contributed by atoms with van der Waals surface area (Å²) in [6.45, 7) is 24.2. The topological polar surface area (TPSA) is 47.7 Å². The highest BCUT2D eigenvalue weighted by Gasteiger charge is 2.79. The number of allylic oxidation sites excluding steroid dienone is 3. The first-order valence-electron chi connectivity index (χ1n) is 13.8. The molecule has 0 radical (unpaired) electrons. The van der Waals surface area contributed by atoms with Gasteiger partial charge in [-0.25, -0.2) is 4.85 Å². The predicted molar refractivity (Wildman–Crippen MR) is 135 cm³/mol. The number of nitrogens with zero attached hydrogens (tertiary/aromatic N) is 1. The van der Waals surface area contributed by atoms with Crippen LogP contribution in [0.1, 0.15) is 87.0 Å². The van der Waals surface area contributed by atoms with Gasteiger partial charge in [-0.1, -0.05) is 60.1 Å². The molecule has 4 fully saturated rings. The third-order valence-electron chi connectivity index (χ3n) is 13.1. The van der Waals surface area contributed by atoms with E-state index in [0.717, 1.165) is 37.9 Å². The van der Waals surface area contributed by atoms with Crippen molar-refractivity contribution in [3.63, 3.8) is 0 Å². The van der Waals surface area contributed by atoms with E-state index in [1.165, 1.54) is 12.8 Å². The molecule has 6 rings (SSSR count). The van der Waals surface area contributed by atoms with Crippen LogP contribution < -0.4 is 0 Å². The van der Waals surface area contributed by atoms with Crippen LogP contribution in [-0.4, -0.2) is 23.8 Å². The summed E-state index contributed by atoms with van der Waals surface area (Å²) in [7, 11) is 0. The van der Waals surface area contributed by atoms with E-state index >= 15 is 0 Å². The monoisotopic (exact) mass is 475 g/mol. The van der Waals surface area contributed by atoms with E-state index < -0.39 is 16.4 Å². The maximum Gasteiger partial charge on any atom is 0.226 e. The third-order valence-corrected chi connectivity index (χ3v) is 13.1. The first-order chi connectivity index (χ1) is 16.3. The highest BCUT2D eigenvalue weighted by Crippen LogP contribution is 2.78. The number of hydrogen-bond donors (Lipinski definition) is 0. The van der Waals surface area contributed by atoms with Gasteiger partial charge in [0.25, 0.3) is 0 Å². The van der Waals surface area contributed by atoms with Gasteiger partial charge in [-0.15, -0.1) is 0 Å². The summed E-state index contributed by atoms with van der Waals surface area (Å²) < 4.78 is 6.91. The molecule has 6 aliphatic rings. The van der Waals surface area contributed by atoms with Crippen LogP contribution in [0.25, 0.3) is 4.85 Å². The second kappa shape index (κ2) is 6.58. The van der Waals surface area contributed by atoms with E-state index in [4.69, 9.17) is 11.3 Å². The zero-order chi connectivity index (χ0) is 25.4. The molecule has 9 atom stereocenters. The molecular formula is C31H41NO3. The van der Waals surface area contributed by atoms with Gasteiger partial charge in [-0.3, -0.25) is 4.79 Å². The Kier molecular flexibility index (Phi) is 4.44. The number of carbonyl (C=O) groups is 2. The number of ether oxygens (including phenoxy) is 1. The molecule has 3 saturated carbocycles. The van der Waals surface area contributed by atoms with E-state index in [1.807, 2.05) is 26.0 Å². The van der Waals surface area contributed by atoms with Gasteiger partial charge < -0.3 is 9.53 Å². The van der Waals surface area contributed by atoms with E-state index in [2.05, 4.69) is 39.5 Å². The van der Waals surface area contributed by atoms with Crippen LogP contribution in [0, 0.1) is 57.3 Å². The summed E-state index contributed by atoms with van der Waals surface area (Å²) in [5, 5.41) is 0. The molecule has 5 aliphatic carbocycles. The van der Waals surface area contributed by atoms with E-state index in [1.54, 1.807) is 0 Å². The summed E-state index contributed by atoms with van der Waals surface area (Å²) in [5.41, 5.74) is -0.849. The largest absolute Gasteiger partial charge is 0.365 e. The summed E-state index contributed by atoms with van der Waals surface area (Å²) in [4.78, 5) is 31.4. The second-order valence-electron chi connectivity index (χ2n) is 14.4. The number of rotatable bonds is 0. The molecule has 1 aliphatic heterocycles. The van der Waals surface area contributed by atoms with Crippen molar-refractivity contribution in [2.75, 3.05) is 6.61 Å². The van der Waals surface area contributed by atoms with Crippen molar-refractivity contribution in [3.8, 4) is 0 Å². The minimum Gasteiger partial charge on any atom is -0.365 e. The summed E-state index contributed by atoms with van der Waals surface area (Å²) in [5.74, 6) is 1.52. The lowest BCUT2D eigenvalue weighted by molar-refractivity contribution is -0.210. The van der Waals surface area contributed by atoms with Crippen molar-refractivity contribution in [1.82, 2.24) is 0 Å². The molecule has 1 spiro atoms. The molecule has 1 heterocycles. The SMILES string of the molecule is [C-]#[N+]C1=C[C@]2(C)C3=CC(=O)[C@]45OC[C@@]6(CC[C@@H](C)[C@H](C)[C@H]64)CC[C@@]5(C)[C@]3(C)CC[C@H]2C(C)(C)C1=O. The van der Waals surface area contributed by atoms with E-state index in [-0.39, 0.29) is 45.3 Å². The van der Waals surface area contributed by atoms with Crippen LogP contribution in [0.3, 0.4) is 0 Å². The molecule has 4 nitrogen and oxygen atoms in total. The lowest BCUT2D eigenvalue weighted by Crippen LogP contribution is -2.72. The van der Waals surface area contributed by atoms with Crippen LogP contribution in [0.15, 0.2) is 23.4 Å². The Balaban J connectivity index is 1.59. The quantitative estimate of drug-likeness (QED) is 0.372. The van der Waals surface area contributed by atoms with Crippen molar-refractivity contribution < 1.29 is 14.3 Å². The Morgan fingerprint density at radius 3 is 2.40 bits per heavy atom. The fraction of sp³-hybridized carbons (Fsp3) is 0.774. The van der Waals surface area contributed by atoms with Crippen molar-refractivity contribution in [2.45, 2.75) is 92.6 Å². The van der Waals surface area contributed by atoms with Crippen molar-refractivity contribution in [2.24, 2.45) is 50.7 Å². The fourth-order valence-corrected chi connectivity index (χ4v) is 10.8. The first kappa shape index (κ1) is 23.7. The Bertz CT molecular complexity index is 1160.